The van der Waals surface area contributed by atoms with E-state index in [2.05, 4.69) is 4.98 Å². The molecular weight excluding hydrogens is 248 g/mol. The fourth-order valence-electron chi connectivity index (χ4n) is 1.74. The molecule has 1 aromatic carbocycles. The molecular formula is C14H17ClN2O. The zero-order chi connectivity index (χ0) is 12.1. The van der Waals surface area contributed by atoms with Crippen molar-refractivity contribution in [3.63, 3.8) is 0 Å². The molecule has 0 aliphatic carbocycles. The van der Waals surface area contributed by atoms with Crippen molar-refractivity contribution in [1.82, 2.24) is 4.98 Å². The molecule has 2 aromatic rings. The molecule has 0 saturated carbocycles. The molecule has 1 atom stereocenters. The van der Waals surface area contributed by atoms with Gasteiger partial charge in [-0.25, -0.2) is 0 Å². The highest BCUT2D eigenvalue weighted by atomic mass is 35.5. The van der Waals surface area contributed by atoms with Crippen LogP contribution in [0, 0.1) is 0 Å². The van der Waals surface area contributed by atoms with Crippen molar-refractivity contribution in [3.8, 4) is 11.3 Å². The number of benzene rings is 1. The van der Waals surface area contributed by atoms with Gasteiger partial charge in [-0.2, -0.15) is 0 Å². The molecule has 2 rings (SSSR count). The van der Waals surface area contributed by atoms with Gasteiger partial charge in [0.2, 0.25) is 0 Å². The predicted molar refractivity (Wildman–Crippen MR) is 75.6 cm³/mol. The van der Waals surface area contributed by atoms with Gasteiger partial charge in [0.05, 0.1) is 5.69 Å². The highest BCUT2D eigenvalue weighted by Gasteiger charge is 2.05. The van der Waals surface area contributed by atoms with Gasteiger partial charge in [-0.3, -0.25) is 4.98 Å². The Kier molecular flexibility index (Phi) is 5.78. The van der Waals surface area contributed by atoms with Gasteiger partial charge in [0.25, 0.3) is 0 Å². The Morgan fingerprint density at radius 3 is 2.39 bits per heavy atom. The molecule has 0 radical (unpaired) electrons. The average Bonchev–Trinajstić information content (AvgIpc) is 2.40. The lowest BCUT2D eigenvalue weighted by Crippen LogP contribution is -2.11. The molecule has 0 aliphatic rings. The molecule has 96 valence electrons. The Bertz CT molecular complexity index is 459. The number of nitrogens with zero attached hydrogens (tertiary/aromatic N) is 1. The molecule has 0 aliphatic heterocycles. The maximum Gasteiger partial charge on any atom is 0.0701 e. The van der Waals surface area contributed by atoms with Crippen LogP contribution in [-0.4, -0.2) is 16.7 Å². The summed E-state index contributed by atoms with van der Waals surface area (Å²) in [6, 6.07) is 13.7. The molecule has 0 saturated heterocycles. The molecule has 1 aromatic heterocycles. The summed E-state index contributed by atoms with van der Waals surface area (Å²) in [4.78, 5) is 4.29. The van der Waals surface area contributed by atoms with E-state index in [1.54, 1.807) is 6.20 Å². The minimum atomic E-state index is -0.0993. The highest BCUT2D eigenvalue weighted by Crippen LogP contribution is 2.20. The number of pyridine rings is 1. The van der Waals surface area contributed by atoms with E-state index in [9.17, 15) is 0 Å². The van der Waals surface area contributed by atoms with Crippen molar-refractivity contribution >= 4 is 12.4 Å². The molecule has 3 nitrogen and oxygen atoms in total. The topological polar surface area (TPSA) is 59.1 Å². The third-order valence-corrected chi connectivity index (χ3v) is 2.74. The minimum absolute atomic E-state index is 0. The Labute approximate surface area is 113 Å². The molecule has 3 N–H and O–H groups in total. The van der Waals surface area contributed by atoms with Crippen LogP contribution in [-0.2, 0) is 0 Å². The molecule has 1 heterocycles. The van der Waals surface area contributed by atoms with Crippen LogP contribution in [0.1, 0.15) is 18.0 Å². The summed E-state index contributed by atoms with van der Waals surface area (Å²) < 4.78 is 0. The largest absolute Gasteiger partial charge is 0.396 e. The van der Waals surface area contributed by atoms with Gasteiger partial charge < -0.3 is 10.8 Å². The van der Waals surface area contributed by atoms with Crippen molar-refractivity contribution < 1.29 is 5.11 Å². The molecule has 1 unspecified atom stereocenters. The van der Waals surface area contributed by atoms with Crippen LogP contribution in [0.4, 0.5) is 0 Å². The van der Waals surface area contributed by atoms with E-state index >= 15 is 0 Å². The van der Waals surface area contributed by atoms with Gasteiger partial charge in [0.1, 0.15) is 0 Å². The third kappa shape index (κ3) is 3.53. The number of hydrogen-bond donors (Lipinski definition) is 2. The maximum atomic E-state index is 8.84. The molecule has 0 amide bonds. The Morgan fingerprint density at radius 1 is 1.11 bits per heavy atom. The van der Waals surface area contributed by atoms with E-state index in [0.29, 0.717) is 6.42 Å². The van der Waals surface area contributed by atoms with Crippen molar-refractivity contribution in [3.05, 3.63) is 54.2 Å². The van der Waals surface area contributed by atoms with Gasteiger partial charge in [-0.15, -0.1) is 12.4 Å². The first-order chi connectivity index (χ1) is 8.31. The van der Waals surface area contributed by atoms with E-state index in [0.717, 1.165) is 16.8 Å². The summed E-state index contributed by atoms with van der Waals surface area (Å²) in [6.45, 7) is 0.114. The third-order valence-electron chi connectivity index (χ3n) is 2.74. The van der Waals surface area contributed by atoms with Gasteiger partial charge in [0, 0.05) is 24.4 Å². The normalized spacial score (nSPS) is 11.7. The first-order valence-electron chi connectivity index (χ1n) is 5.69. The lowest BCUT2D eigenvalue weighted by atomic mass is 10.0. The zero-order valence-corrected chi connectivity index (χ0v) is 10.8. The Morgan fingerprint density at radius 2 is 1.83 bits per heavy atom. The van der Waals surface area contributed by atoms with Crippen LogP contribution in [0.5, 0.6) is 0 Å². The van der Waals surface area contributed by atoms with Gasteiger partial charge in [-0.05, 0) is 24.1 Å². The second-order valence-electron chi connectivity index (χ2n) is 3.96. The summed E-state index contributed by atoms with van der Waals surface area (Å²) in [5.74, 6) is 0. The van der Waals surface area contributed by atoms with Crippen LogP contribution >= 0.6 is 12.4 Å². The van der Waals surface area contributed by atoms with Crippen molar-refractivity contribution in [2.75, 3.05) is 6.61 Å². The summed E-state index contributed by atoms with van der Waals surface area (Å²) in [5, 5.41) is 8.84. The Balaban J connectivity index is 0.00000162. The van der Waals surface area contributed by atoms with E-state index in [1.807, 2.05) is 42.5 Å². The smallest absolute Gasteiger partial charge is 0.0701 e. The van der Waals surface area contributed by atoms with Crippen LogP contribution < -0.4 is 5.73 Å². The second kappa shape index (κ2) is 7.11. The van der Waals surface area contributed by atoms with Gasteiger partial charge in [0.15, 0.2) is 0 Å². The van der Waals surface area contributed by atoms with Crippen LogP contribution in [0.2, 0.25) is 0 Å². The predicted octanol–water partition coefficient (Wildman–Crippen LogP) is 2.55. The van der Waals surface area contributed by atoms with Gasteiger partial charge in [-0.1, -0.05) is 30.3 Å². The summed E-state index contributed by atoms with van der Waals surface area (Å²) in [5.41, 5.74) is 8.99. The first kappa shape index (κ1) is 14.6. The van der Waals surface area contributed by atoms with Crippen LogP contribution in [0.15, 0.2) is 48.7 Å². The average molecular weight is 265 g/mol. The van der Waals surface area contributed by atoms with Crippen molar-refractivity contribution in [1.29, 1.82) is 0 Å². The number of nitrogens with two attached hydrogens (primary N) is 1. The first-order valence-corrected chi connectivity index (χ1v) is 5.69. The molecule has 4 heteroatoms. The minimum Gasteiger partial charge on any atom is -0.396 e. The van der Waals surface area contributed by atoms with E-state index in [4.69, 9.17) is 10.8 Å². The zero-order valence-electron chi connectivity index (χ0n) is 9.99. The molecule has 18 heavy (non-hydrogen) atoms. The van der Waals surface area contributed by atoms with Gasteiger partial charge >= 0.3 is 0 Å². The number of aromatic nitrogens is 1. The fourth-order valence-corrected chi connectivity index (χ4v) is 1.74. The molecule has 0 spiro atoms. The van der Waals surface area contributed by atoms with Crippen LogP contribution in [0.3, 0.4) is 0 Å². The van der Waals surface area contributed by atoms with Crippen LogP contribution in [0.25, 0.3) is 11.3 Å². The van der Waals surface area contributed by atoms with E-state index < -0.39 is 0 Å². The number of hydrogen-bond acceptors (Lipinski definition) is 3. The van der Waals surface area contributed by atoms with E-state index in [-0.39, 0.29) is 25.1 Å². The number of aliphatic hydroxyl groups excluding tert-OH is 1. The SMILES string of the molecule is Cl.NC(CCO)c1ccc(-c2ccccn2)cc1. The summed E-state index contributed by atoms with van der Waals surface area (Å²) >= 11 is 0. The lowest BCUT2D eigenvalue weighted by molar-refractivity contribution is 0.276. The maximum absolute atomic E-state index is 8.84. The number of halogens is 1. The monoisotopic (exact) mass is 264 g/mol. The van der Waals surface area contributed by atoms with Crippen molar-refractivity contribution in [2.24, 2.45) is 5.73 Å². The quantitative estimate of drug-likeness (QED) is 0.892. The standard InChI is InChI=1S/C14H16N2O.ClH/c15-13(8-10-17)11-4-6-12(7-5-11)14-3-1-2-9-16-14;/h1-7,9,13,17H,8,10,15H2;1H. The lowest BCUT2D eigenvalue weighted by Gasteiger charge is -2.10. The van der Waals surface area contributed by atoms with E-state index in [1.165, 1.54) is 0 Å². The molecule has 0 fully saturated rings. The van der Waals surface area contributed by atoms with Crippen molar-refractivity contribution in [2.45, 2.75) is 12.5 Å². The molecule has 0 bridgehead atoms. The summed E-state index contributed by atoms with van der Waals surface area (Å²) in [7, 11) is 0. The highest BCUT2D eigenvalue weighted by molar-refractivity contribution is 5.85. The number of aliphatic hydroxyl groups is 1. The Hall–Kier alpha value is -1.42. The summed E-state index contributed by atoms with van der Waals surface area (Å²) in [6.07, 6.45) is 2.36. The fraction of sp³-hybridized carbons (Fsp3) is 0.214. The second-order valence-corrected chi connectivity index (χ2v) is 3.96. The number of rotatable bonds is 4.